The van der Waals surface area contributed by atoms with E-state index in [0.29, 0.717) is 16.4 Å². The Hall–Kier alpha value is -2.14. The van der Waals surface area contributed by atoms with Gasteiger partial charge in [0.2, 0.25) is 0 Å². The first kappa shape index (κ1) is 13.3. The predicted molar refractivity (Wildman–Crippen MR) is 75.7 cm³/mol. The molecule has 5 nitrogen and oxygen atoms in total. The van der Waals surface area contributed by atoms with E-state index in [1.807, 2.05) is 25.1 Å². The van der Waals surface area contributed by atoms with Crippen LogP contribution in [0.4, 0.5) is 11.4 Å². The summed E-state index contributed by atoms with van der Waals surface area (Å²) >= 11 is 5.97. The molecule has 0 saturated carbocycles. The van der Waals surface area contributed by atoms with Crippen LogP contribution in [0.2, 0.25) is 5.15 Å². The van der Waals surface area contributed by atoms with Crippen molar-refractivity contribution >= 4 is 23.0 Å². The maximum absolute atomic E-state index is 10.8. The number of rotatable bonds is 3. The molecule has 0 atom stereocenters. The van der Waals surface area contributed by atoms with Gasteiger partial charge in [0.25, 0.3) is 5.69 Å². The Bertz CT molecular complexity index is 629. The van der Waals surface area contributed by atoms with Gasteiger partial charge in [-0.25, -0.2) is 4.98 Å². The molecule has 0 aliphatic carbocycles. The maximum atomic E-state index is 10.8. The van der Waals surface area contributed by atoms with Crippen molar-refractivity contribution < 1.29 is 4.92 Å². The lowest BCUT2D eigenvalue weighted by Crippen LogP contribution is -2.09. The van der Waals surface area contributed by atoms with Crippen LogP contribution in [0.1, 0.15) is 0 Å². The lowest BCUT2D eigenvalue weighted by Gasteiger charge is -2.14. The SMILES string of the molecule is CN(C)c1cc(Cl)nc(-c2cccc([N+](=O)[O-])c2)c1. The molecule has 0 spiro atoms. The van der Waals surface area contributed by atoms with Crippen LogP contribution >= 0.6 is 11.6 Å². The quantitative estimate of drug-likeness (QED) is 0.490. The standard InChI is InChI=1S/C13H12ClN3O2/c1-16(2)11-7-12(15-13(14)8-11)9-4-3-5-10(6-9)17(18)19/h3-8H,1-2H3. The van der Waals surface area contributed by atoms with Crippen LogP contribution in [0, 0.1) is 10.1 Å². The highest BCUT2D eigenvalue weighted by Crippen LogP contribution is 2.27. The molecule has 0 aliphatic rings. The number of aromatic nitrogens is 1. The second kappa shape index (κ2) is 5.24. The molecule has 19 heavy (non-hydrogen) atoms. The summed E-state index contributed by atoms with van der Waals surface area (Å²) in [6.07, 6.45) is 0. The zero-order valence-corrected chi connectivity index (χ0v) is 11.3. The summed E-state index contributed by atoms with van der Waals surface area (Å²) in [5.74, 6) is 0. The Kier molecular flexibility index (Phi) is 3.66. The van der Waals surface area contributed by atoms with Crippen LogP contribution in [0.5, 0.6) is 0 Å². The highest BCUT2D eigenvalue weighted by molar-refractivity contribution is 6.29. The average molecular weight is 278 g/mol. The molecule has 0 N–H and O–H groups in total. The number of benzene rings is 1. The summed E-state index contributed by atoms with van der Waals surface area (Å²) in [6, 6.07) is 9.91. The van der Waals surface area contributed by atoms with E-state index in [1.165, 1.54) is 12.1 Å². The first-order valence-corrected chi connectivity index (χ1v) is 5.95. The fourth-order valence-electron chi connectivity index (χ4n) is 1.67. The number of anilines is 1. The number of hydrogen-bond acceptors (Lipinski definition) is 4. The van der Waals surface area contributed by atoms with Crippen LogP contribution in [0.25, 0.3) is 11.3 Å². The molecule has 0 amide bonds. The van der Waals surface area contributed by atoms with E-state index in [1.54, 1.807) is 18.2 Å². The van der Waals surface area contributed by atoms with Gasteiger partial charge in [-0.2, -0.15) is 0 Å². The lowest BCUT2D eigenvalue weighted by molar-refractivity contribution is -0.384. The van der Waals surface area contributed by atoms with Gasteiger partial charge in [0.15, 0.2) is 0 Å². The van der Waals surface area contributed by atoms with Crippen molar-refractivity contribution in [3.05, 3.63) is 51.7 Å². The molecule has 1 heterocycles. The van der Waals surface area contributed by atoms with Gasteiger partial charge in [0, 0.05) is 37.5 Å². The van der Waals surface area contributed by atoms with Crippen molar-refractivity contribution in [1.29, 1.82) is 0 Å². The number of pyridine rings is 1. The van der Waals surface area contributed by atoms with E-state index in [2.05, 4.69) is 4.98 Å². The first-order valence-electron chi connectivity index (χ1n) is 5.57. The van der Waals surface area contributed by atoms with Crippen molar-refractivity contribution in [2.75, 3.05) is 19.0 Å². The second-order valence-corrected chi connectivity index (χ2v) is 4.62. The van der Waals surface area contributed by atoms with Gasteiger partial charge in [0.1, 0.15) is 5.15 Å². The minimum Gasteiger partial charge on any atom is -0.378 e. The normalized spacial score (nSPS) is 10.3. The maximum Gasteiger partial charge on any atom is 0.270 e. The number of hydrogen-bond donors (Lipinski definition) is 0. The molecule has 6 heteroatoms. The smallest absolute Gasteiger partial charge is 0.270 e. The number of nitro benzene ring substituents is 1. The monoisotopic (exact) mass is 277 g/mol. The van der Waals surface area contributed by atoms with Gasteiger partial charge < -0.3 is 4.90 Å². The highest BCUT2D eigenvalue weighted by Gasteiger charge is 2.10. The number of halogens is 1. The molecule has 1 aromatic heterocycles. The average Bonchev–Trinajstić information content (AvgIpc) is 2.38. The third-order valence-electron chi connectivity index (χ3n) is 2.65. The Morgan fingerprint density at radius 2 is 2.00 bits per heavy atom. The minimum absolute atomic E-state index is 0.0330. The summed E-state index contributed by atoms with van der Waals surface area (Å²) < 4.78 is 0. The van der Waals surface area contributed by atoms with E-state index in [-0.39, 0.29) is 5.69 Å². The Balaban J connectivity index is 2.52. The number of nitrogens with zero attached hydrogens (tertiary/aromatic N) is 3. The van der Waals surface area contributed by atoms with E-state index in [0.717, 1.165) is 5.69 Å². The fraction of sp³-hybridized carbons (Fsp3) is 0.154. The second-order valence-electron chi connectivity index (χ2n) is 4.24. The molecule has 2 rings (SSSR count). The molecule has 0 bridgehead atoms. The molecule has 0 unspecified atom stereocenters. The molecule has 98 valence electrons. The summed E-state index contributed by atoms with van der Waals surface area (Å²) in [4.78, 5) is 16.4. The van der Waals surface area contributed by atoms with E-state index in [4.69, 9.17) is 11.6 Å². The minimum atomic E-state index is -0.430. The van der Waals surface area contributed by atoms with Crippen LogP contribution in [-0.2, 0) is 0 Å². The van der Waals surface area contributed by atoms with Gasteiger partial charge in [-0.3, -0.25) is 10.1 Å². The summed E-state index contributed by atoms with van der Waals surface area (Å²) in [5, 5.41) is 11.1. The van der Waals surface area contributed by atoms with Crippen LogP contribution in [0.15, 0.2) is 36.4 Å². The predicted octanol–water partition coefficient (Wildman–Crippen LogP) is 3.38. The molecule has 2 aromatic rings. The van der Waals surface area contributed by atoms with Gasteiger partial charge in [-0.1, -0.05) is 23.7 Å². The Morgan fingerprint density at radius 1 is 1.26 bits per heavy atom. The van der Waals surface area contributed by atoms with E-state index >= 15 is 0 Å². The zero-order valence-electron chi connectivity index (χ0n) is 10.5. The van der Waals surface area contributed by atoms with Crippen molar-refractivity contribution in [2.45, 2.75) is 0 Å². The fourth-order valence-corrected chi connectivity index (χ4v) is 1.87. The van der Waals surface area contributed by atoms with E-state index < -0.39 is 4.92 Å². The molecular formula is C13H12ClN3O2. The number of nitro groups is 1. The summed E-state index contributed by atoms with van der Waals surface area (Å²) in [5.41, 5.74) is 2.20. The molecule has 0 saturated heterocycles. The van der Waals surface area contributed by atoms with Crippen molar-refractivity contribution in [1.82, 2.24) is 4.98 Å². The van der Waals surface area contributed by atoms with Gasteiger partial charge in [0.05, 0.1) is 10.6 Å². The molecule has 0 fully saturated rings. The highest BCUT2D eigenvalue weighted by atomic mass is 35.5. The van der Waals surface area contributed by atoms with Gasteiger partial charge in [-0.05, 0) is 12.1 Å². The summed E-state index contributed by atoms with van der Waals surface area (Å²) in [6.45, 7) is 0. The molecular weight excluding hydrogens is 266 g/mol. The lowest BCUT2D eigenvalue weighted by atomic mass is 10.1. The number of non-ortho nitro benzene ring substituents is 1. The third-order valence-corrected chi connectivity index (χ3v) is 2.84. The summed E-state index contributed by atoms with van der Waals surface area (Å²) in [7, 11) is 3.78. The Labute approximate surface area is 115 Å². The largest absolute Gasteiger partial charge is 0.378 e. The van der Waals surface area contributed by atoms with Crippen molar-refractivity contribution in [2.24, 2.45) is 0 Å². The van der Waals surface area contributed by atoms with Gasteiger partial charge >= 0.3 is 0 Å². The molecule has 0 radical (unpaired) electrons. The van der Waals surface area contributed by atoms with Crippen LogP contribution in [-0.4, -0.2) is 24.0 Å². The van der Waals surface area contributed by atoms with E-state index in [9.17, 15) is 10.1 Å². The topological polar surface area (TPSA) is 59.3 Å². The van der Waals surface area contributed by atoms with Crippen LogP contribution < -0.4 is 4.90 Å². The molecule has 0 aliphatic heterocycles. The van der Waals surface area contributed by atoms with Crippen LogP contribution in [0.3, 0.4) is 0 Å². The first-order chi connectivity index (χ1) is 8.97. The zero-order chi connectivity index (χ0) is 14.0. The van der Waals surface area contributed by atoms with Crippen molar-refractivity contribution in [3.8, 4) is 11.3 Å². The third kappa shape index (κ3) is 3.00. The van der Waals surface area contributed by atoms with Crippen molar-refractivity contribution in [3.63, 3.8) is 0 Å². The molecule has 1 aromatic carbocycles. The van der Waals surface area contributed by atoms with Gasteiger partial charge in [-0.15, -0.1) is 0 Å². The Morgan fingerprint density at radius 3 is 2.63 bits per heavy atom.